The molecule has 3 aromatic rings. The minimum absolute atomic E-state index is 0.0334. The number of para-hydroxylation sites is 1. The number of benzene rings is 2. The smallest absolute Gasteiger partial charge is 0.349 e. The van der Waals surface area contributed by atoms with Crippen LogP contribution < -0.4 is 10.4 Å². The Morgan fingerprint density at radius 2 is 1.90 bits per heavy atom. The van der Waals surface area contributed by atoms with Crippen molar-refractivity contribution in [3.05, 3.63) is 70.6 Å². The summed E-state index contributed by atoms with van der Waals surface area (Å²) in [7, 11) is -2.09. The number of sulfone groups is 1. The third-order valence-electron chi connectivity index (χ3n) is 5.12. The molecule has 2 heterocycles. The summed E-state index contributed by atoms with van der Waals surface area (Å²) in [4.78, 5) is 27.0. The van der Waals surface area contributed by atoms with Gasteiger partial charge in [0.1, 0.15) is 5.56 Å². The summed E-state index contributed by atoms with van der Waals surface area (Å²) in [5.41, 5.74) is -0.632. The fourth-order valence-corrected chi connectivity index (χ4v) is 5.28. The fourth-order valence-electron chi connectivity index (χ4n) is 3.57. The van der Waals surface area contributed by atoms with Crippen LogP contribution in [-0.2, 0) is 9.84 Å². The molecule has 1 aliphatic rings. The van der Waals surface area contributed by atoms with Crippen molar-refractivity contribution in [1.82, 2.24) is 4.90 Å². The van der Waals surface area contributed by atoms with Gasteiger partial charge in [-0.05, 0) is 30.7 Å². The van der Waals surface area contributed by atoms with Crippen LogP contribution in [0.4, 0.5) is 0 Å². The summed E-state index contributed by atoms with van der Waals surface area (Å²) in [5.74, 6) is -0.136. The van der Waals surface area contributed by atoms with Crippen molar-refractivity contribution in [3.63, 3.8) is 0 Å². The molecular weight excluding hydrogens is 394 g/mol. The summed E-state index contributed by atoms with van der Waals surface area (Å²) in [6.45, 7) is 0.288. The molecule has 1 aliphatic heterocycles. The van der Waals surface area contributed by atoms with Crippen molar-refractivity contribution in [2.75, 3.05) is 20.2 Å². The van der Waals surface area contributed by atoms with Crippen LogP contribution in [0.2, 0.25) is 0 Å². The van der Waals surface area contributed by atoms with E-state index in [1.165, 1.54) is 18.1 Å². The highest BCUT2D eigenvalue weighted by Gasteiger charge is 2.37. The van der Waals surface area contributed by atoms with Crippen molar-refractivity contribution >= 4 is 26.7 Å². The molecule has 0 saturated carbocycles. The molecule has 8 heteroatoms. The molecule has 0 N–H and O–H groups in total. The van der Waals surface area contributed by atoms with Gasteiger partial charge in [0.25, 0.3) is 5.91 Å². The van der Waals surface area contributed by atoms with Crippen LogP contribution in [0.1, 0.15) is 16.8 Å². The van der Waals surface area contributed by atoms with Gasteiger partial charge in [-0.3, -0.25) is 4.79 Å². The number of methoxy groups -OCH3 is 1. The third kappa shape index (κ3) is 3.40. The molecule has 0 spiro atoms. The SMILES string of the molecule is COc1cccc2cc(C(=O)N3CCC(S(=O)(=O)c4ccccc4)C3)c(=O)oc12. The molecule has 1 unspecified atom stereocenters. The molecule has 7 nitrogen and oxygen atoms in total. The van der Waals surface area contributed by atoms with E-state index in [0.29, 0.717) is 17.6 Å². The van der Waals surface area contributed by atoms with Crippen LogP contribution in [0, 0.1) is 0 Å². The maximum Gasteiger partial charge on any atom is 0.349 e. The first-order valence-corrected chi connectivity index (χ1v) is 10.7. The topological polar surface area (TPSA) is 93.9 Å². The van der Waals surface area contributed by atoms with E-state index in [1.54, 1.807) is 48.5 Å². The van der Waals surface area contributed by atoms with E-state index in [2.05, 4.69) is 0 Å². The fraction of sp³-hybridized carbons (Fsp3) is 0.238. The summed E-state index contributed by atoms with van der Waals surface area (Å²) in [5, 5.41) is -0.151. The van der Waals surface area contributed by atoms with Gasteiger partial charge in [-0.15, -0.1) is 0 Å². The van der Waals surface area contributed by atoms with Gasteiger partial charge in [0.15, 0.2) is 21.2 Å². The number of nitrogens with zero attached hydrogens (tertiary/aromatic N) is 1. The van der Waals surface area contributed by atoms with Crippen molar-refractivity contribution in [1.29, 1.82) is 0 Å². The first-order chi connectivity index (χ1) is 13.9. The van der Waals surface area contributed by atoms with Crippen molar-refractivity contribution in [3.8, 4) is 5.75 Å². The molecule has 0 radical (unpaired) electrons. The lowest BCUT2D eigenvalue weighted by molar-refractivity contribution is 0.0789. The average molecular weight is 413 g/mol. The van der Waals surface area contributed by atoms with E-state index in [4.69, 9.17) is 9.15 Å². The van der Waals surface area contributed by atoms with Gasteiger partial charge in [-0.2, -0.15) is 0 Å². The van der Waals surface area contributed by atoms with Crippen LogP contribution >= 0.6 is 0 Å². The van der Waals surface area contributed by atoms with Gasteiger partial charge in [0.2, 0.25) is 0 Å². The predicted octanol–water partition coefficient (Wildman–Crippen LogP) is 2.49. The van der Waals surface area contributed by atoms with Gasteiger partial charge in [0.05, 0.1) is 17.3 Å². The van der Waals surface area contributed by atoms with E-state index in [-0.39, 0.29) is 29.1 Å². The zero-order valence-corrected chi connectivity index (χ0v) is 16.5. The van der Waals surface area contributed by atoms with Crippen LogP contribution in [-0.4, -0.2) is 44.7 Å². The number of rotatable bonds is 4. The maximum atomic E-state index is 12.9. The standard InChI is InChI=1S/C21H19NO6S/c1-27-18-9-5-6-14-12-17(21(24)28-19(14)18)20(23)22-11-10-16(13-22)29(25,26)15-7-3-2-4-8-15/h2-9,12,16H,10-11,13H2,1H3. The first-order valence-electron chi connectivity index (χ1n) is 9.11. The highest BCUT2D eigenvalue weighted by atomic mass is 32.2. The normalized spacial score (nSPS) is 16.9. The number of carbonyl (C=O) groups excluding carboxylic acids is 1. The number of hydrogen-bond acceptors (Lipinski definition) is 6. The molecular formula is C21H19NO6S. The molecule has 29 heavy (non-hydrogen) atoms. The second kappa shape index (κ2) is 7.36. The van der Waals surface area contributed by atoms with E-state index < -0.39 is 26.6 Å². The van der Waals surface area contributed by atoms with Gasteiger partial charge < -0.3 is 14.1 Å². The average Bonchev–Trinajstić information content (AvgIpc) is 3.24. The second-order valence-electron chi connectivity index (χ2n) is 6.85. The van der Waals surface area contributed by atoms with Gasteiger partial charge in [-0.1, -0.05) is 30.3 Å². The predicted molar refractivity (Wildman–Crippen MR) is 107 cm³/mol. The Balaban J connectivity index is 1.62. The van der Waals surface area contributed by atoms with Gasteiger partial charge in [0, 0.05) is 18.5 Å². The van der Waals surface area contributed by atoms with E-state index >= 15 is 0 Å². The second-order valence-corrected chi connectivity index (χ2v) is 9.07. The maximum absolute atomic E-state index is 12.9. The number of ether oxygens (including phenoxy) is 1. The summed E-state index contributed by atoms with van der Waals surface area (Å²) >= 11 is 0. The molecule has 2 aromatic carbocycles. The quantitative estimate of drug-likeness (QED) is 0.610. The van der Waals surface area contributed by atoms with E-state index in [1.807, 2.05) is 0 Å². The summed E-state index contributed by atoms with van der Waals surface area (Å²) < 4.78 is 36.1. The summed E-state index contributed by atoms with van der Waals surface area (Å²) in [6.07, 6.45) is 0.315. The van der Waals surface area contributed by atoms with Crippen LogP contribution in [0.5, 0.6) is 5.75 Å². The Morgan fingerprint density at radius 1 is 1.14 bits per heavy atom. The Morgan fingerprint density at radius 3 is 2.62 bits per heavy atom. The molecule has 150 valence electrons. The molecule has 0 aliphatic carbocycles. The largest absolute Gasteiger partial charge is 0.493 e. The third-order valence-corrected chi connectivity index (χ3v) is 7.31. The van der Waals surface area contributed by atoms with Crippen molar-refractivity contribution in [2.45, 2.75) is 16.6 Å². The zero-order valence-electron chi connectivity index (χ0n) is 15.7. The highest BCUT2D eigenvalue weighted by Crippen LogP contribution is 2.27. The first kappa shape index (κ1) is 19.2. The molecule has 1 atom stereocenters. The Bertz CT molecular complexity index is 1230. The minimum atomic E-state index is -3.55. The number of hydrogen-bond donors (Lipinski definition) is 0. The lowest BCUT2D eigenvalue weighted by Crippen LogP contribution is -2.34. The lowest BCUT2D eigenvalue weighted by atomic mass is 10.1. The molecule has 1 aromatic heterocycles. The number of likely N-dealkylation sites (tertiary alicyclic amines) is 1. The Kier molecular flexibility index (Phi) is 4.87. The molecule has 1 saturated heterocycles. The Labute approximate surface area is 167 Å². The molecule has 1 fully saturated rings. The Hall–Kier alpha value is -3.13. The number of amides is 1. The molecule has 4 rings (SSSR count). The number of fused-ring (bicyclic) bond motifs is 1. The summed E-state index contributed by atoms with van der Waals surface area (Å²) in [6, 6.07) is 14.7. The zero-order chi connectivity index (χ0) is 20.6. The van der Waals surface area contributed by atoms with Crippen LogP contribution in [0.3, 0.4) is 0 Å². The van der Waals surface area contributed by atoms with E-state index in [0.717, 1.165) is 0 Å². The molecule has 1 amide bonds. The lowest BCUT2D eigenvalue weighted by Gasteiger charge is -2.16. The molecule has 0 bridgehead atoms. The monoisotopic (exact) mass is 413 g/mol. The highest BCUT2D eigenvalue weighted by molar-refractivity contribution is 7.92. The van der Waals surface area contributed by atoms with Crippen molar-refractivity contribution in [2.24, 2.45) is 0 Å². The van der Waals surface area contributed by atoms with E-state index in [9.17, 15) is 18.0 Å². The van der Waals surface area contributed by atoms with Gasteiger partial charge >= 0.3 is 5.63 Å². The minimum Gasteiger partial charge on any atom is -0.493 e. The van der Waals surface area contributed by atoms with Crippen LogP contribution in [0.15, 0.2) is 68.7 Å². The number of carbonyl (C=O) groups is 1. The van der Waals surface area contributed by atoms with Crippen LogP contribution in [0.25, 0.3) is 11.0 Å². The van der Waals surface area contributed by atoms with Crippen molar-refractivity contribution < 1.29 is 22.4 Å². The van der Waals surface area contributed by atoms with Gasteiger partial charge in [-0.25, -0.2) is 13.2 Å².